The zero-order valence-corrected chi connectivity index (χ0v) is 14.0. The third kappa shape index (κ3) is 9.38. The highest BCUT2D eigenvalue weighted by atomic mass is 16.5. The third-order valence-electron chi connectivity index (χ3n) is 2.95. The van der Waals surface area contributed by atoms with E-state index in [0.29, 0.717) is 13.0 Å². The van der Waals surface area contributed by atoms with Crippen molar-refractivity contribution in [1.29, 1.82) is 0 Å². The van der Waals surface area contributed by atoms with E-state index in [1.54, 1.807) is 13.0 Å². The van der Waals surface area contributed by atoms with Crippen molar-refractivity contribution in [3.8, 4) is 0 Å². The van der Waals surface area contributed by atoms with Crippen molar-refractivity contribution in [2.75, 3.05) is 13.2 Å². The molecule has 0 radical (unpaired) electrons. The van der Waals surface area contributed by atoms with Crippen molar-refractivity contribution < 1.29 is 14.6 Å². The van der Waals surface area contributed by atoms with Gasteiger partial charge < -0.3 is 9.84 Å². The van der Waals surface area contributed by atoms with Gasteiger partial charge >= 0.3 is 5.97 Å². The quantitative estimate of drug-likeness (QED) is 0.804. The van der Waals surface area contributed by atoms with E-state index < -0.39 is 0 Å². The molecule has 24 heavy (non-hydrogen) atoms. The lowest BCUT2D eigenvalue weighted by Crippen LogP contribution is -2.01. The van der Waals surface area contributed by atoms with E-state index in [2.05, 4.69) is 0 Å². The van der Waals surface area contributed by atoms with Crippen LogP contribution in [0.4, 0.5) is 0 Å². The van der Waals surface area contributed by atoms with Crippen LogP contribution in [-0.4, -0.2) is 24.3 Å². The van der Waals surface area contributed by atoms with Crippen LogP contribution in [0.1, 0.15) is 24.5 Å². The molecule has 3 heteroatoms. The van der Waals surface area contributed by atoms with E-state index in [9.17, 15) is 4.79 Å². The van der Waals surface area contributed by atoms with Crippen molar-refractivity contribution in [3.63, 3.8) is 0 Å². The number of esters is 1. The van der Waals surface area contributed by atoms with Crippen LogP contribution in [0.3, 0.4) is 0 Å². The lowest BCUT2D eigenvalue weighted by atomic mass is 10.2. The average Bonchev–Trinajstić information content (AvgIpc) is 2.65. The van der Waals surface area contributed by atoms with Gasteiger partial charge in [0.25, 0.3) is 0 Å². The van der Waals surface area contributed by atoms with Gasteiger partial charge in [0, 0.05) is 6.42 Å². The standard InChI is InChI=1S/C12H14O2.C9H10O/c1-2-12(13)14-10-6-9-11-7-4-3-5-8-11;10-8-4-7-9-5-2-1-3-6-9/h3-9H,2,10H2,1H3;1-7,10H,8H2/b;7-4+. The van der Waals surface area contributed by atoms with Crippen molar-refractivity contribution in [2.24, 2.45) is 0 Å². The van der Waals surface area contributed by atoms with Crippen LogP contribution in [0, 0.1) is 0 Å². The van der Waals surface area contributed by atoms with Crippen molar-refractivity contribution in [3.05, 3.63) is 83.9 Å². The number of benzene rings is 2. The molecular formula is C21H24O3. The Morgan fingerprint density at radius 3 is 1.88 bits per heavy atom. The first-order chi connectivity index (χ1) is 11.8. The summed E-state index contributed by atoms with van der Waals surface area (Å²) in [7, 11) is 0. The minimum absolute atomic E-state index is 0.106. The van der Waals surface area contributed by atoms with Gasteiger partial charge in [0.05, 0.1) is 6.61 Å². The molecule has 2 aromatic carbocycles. The highest BCUT2D eigenvalue weighted by Crippen LogP contribution is 2.01. The van der Waals surface area contributed by atoms with E-state index in [-0.39, 0.29) is 12.6 Å². The van der Waals surface area contributed by atoms with Gasteiger partial charge in [-0.15, -0.1) is 0 Å². The number of aliphatic hydroxyl groups is 1. The summed E-state index contributed by atoms with van der Waals surface area (Å²) in [5.41, 5.74) is 2.23. The first kappa shape index (κ1) is 19.4. The van der Waals surface area contributed by atoms with Crippen LogP contribution >= 0.6 is 0 Å². The minimum atomic E-state index is -0.164. The normalized spacial score (nSPS) is 10.4. The van der Waals surface area contributed by atoms with Crippen LogP contribution in [0.15, 0.2) is 72.8 Å². The molecule has 0 spiro atoms. The molecule has 0 bridgehead atoms. The van der Waals surface area contributed by atoms with E-state index in [1.165, 1.54) is 0 Å². The highest BCUT2D eigenvalue weighted by Gasteiger charge is 1.93. The summed E-state index contributed by atoms with van der Waals surface area (Å²) in [6.45, 7) is 2.24. The number of hydrogen-bond acceptors (Lipinski definition) is 3. The zero-order chi connectivity index (χ0) is 17.5. The summed E-state index contributed by atoms with van der Waals surface area (Å²) < 4.78 is 4.89. The molecule has 0 saturated heterocycles. The van der Waals surface area contributed by atoms with E-state index >= 15 is 0 Å². The zero-order valence-electron chi connectivity index (χ0n) is 14.0. The number of hydrogen-bond donors (Lipinski definition) is 1. The summed E-state index contributed by atoms with van der Waals surface area (Å²) >= 11 is 0. The predicted molar refractivity (Wildman–Crippen MR) is 99.3 cm³/mol. The van der Waals surface area contributed by atoms with Gasteiger partial charge in [0.1, 0.15) is 6.61 Å². The van der Waals surface area contributed by atoms with Gasteiger partial charge in [-0.05, 0) is 17.2 Å². The van der Waals surface area contributed by atoms with Crippen LogP contribution in [0.5, 0.6) is 0 Å². The Bertz CT molecular complexity index is 616. The van der Waals surface area contributed by atoms with Gasteiger partial charge in [0.2, 0.25) is 0 Å². The molecule has 1 N–H and O–H groups in total. The second-order valence-corrected chi connectivity index (χ2v) is 4.85. The molecule has 0 unspecified atom stereocenters. The molecule has 0 saturated carbocycles. The summed E-state index contributed by atoms with van der Waals surface area (Å²) in [5, 5.41) is 8.44. The summed E-state index contributed by atoms with van der Waals surface area (Å²) in [4.78, 5) is 10.8. The summed E-state index contributed by atoms with van der Waals surface area (Å²) in [6, 6.07) is 19.8. The number of rotatable bonds is 6. The monoisotopic (exact) mass is 324 g/mol. The molecule has 0 aliphatic carbocycles. The lowest BCUT2D eigenvalue weighted by Gasteiger charge is -1.97. The predicted octanol–water partition coefficient (Wildman–Crippen LogP) is 4.35. The van der Waals surface area contributed by atoms with Crippen LogP contribution in [0.25, 0.3) is 12.2 Å². The molecular weight excluding hydrogens is 300 g/mol. The van der Waals surface area contributed by atoms with Gasteiger partial charge in [-0.2, -0.15) is 0 Å². The molecule has 0 atom stereocenters. The Morgan fingerprint density at radius 1 is 0.917 bits per heavy atom. The Labute approximate surface area is 143 Å². The number of aliphatic hydroxyl groups excluding tert-OH is 1. The van der Waals surface area contributed by atoms with Crippen LogP contribution in [0.2, 0.25) is 0 Å². The fourth-order valence-electron chi connectivity index (χ4n) is 1.74. The van der Waals surface area contributed by atoms with Crippen molar-refractivity contribution in [2.45, 2.75) is 13.3 Å². The van der Waals surface area contributed by atoms with E-state index in [4.69, 9.17) is 9.84 Å². The fourth-order valence-corrected chi connectivity index (χ4v) is 1.74. The van der Waals surface area contributed by atoms with Gasteiger partial charge in [-0.1, -0.05) is 85.8 Å². The van der Waals surface area contributed by atoms with Crippen molar-refractivity contribution in [1.82, 2.24) is 0 Å². The SMILES string of the molecule is CCC(=O)OCC=Cc1ccccc1.OC/C=C/c1ccccc1. The molecule has 0 amide bonds. The van der Waals surface area contributed by atoms with Gasteiger partial charge in [-0.3, -0.25) is 4.79 Å². The highest BCUT2D eigenvalue weighted by molar-refractivity contribution is 5.69. The third-order valence-corrected chi connectivity index (χ3v) is 2.95. The lowest BCUT2D eigenvalue weighted by molar-refractivity contribution is -0.141. The first-order valence-corrected chi connectivity index (χ1v) is 7.96. The maximum Gasteiger partial charge on any atom is 0.305 e. The van der Waals surface area contributed by atoms with Gasteiger partial charge in [-0.25, -0.2) is 0 Å². The molecule has 2 rings (SSSR count). The second kappa shape index (κ2) is 12.9. The summed E-state index contributed by atoms with van der Waals surface area (Å²) in [5.74, 6) is -0.164. The first-order valence-electron chi connectivity index (χ1n) is 7.96. The van der Waals surface area contributed by atoms with Crippen LogP contribution in [-0.2, 0) is 9.53 Å². The smallest absolute Gasteiger partial charge is 0.305 e. The topological polar surface area (TPSA) is 46.5 Å². The molecule has 0 aliphatic rings. The number of carbonyl (C=O) groups is 1. The Morgan fingerprint density at radius 2 is 1.42 bits per heavy atom. The Balaban J connectivity index is 0.000000254. The van der Waals surface area contributed by atoms with E-state index in [0.717, 1.165) is 11.1 Å². The second-order valence-electron chi connectivity index (χ2n) is 4.85. The molecule has 0 aromatic heterocycles. The maximum absolute atomic E-state index is 10.8. The van der Waals surface area contributed by atoms with Crippen molar-refractivity contribution >= 4 is 18.1 Å². The molecule has 3 nitrogen and oxygen atoms in total. The maximum atomic E-state index is 10.8. The van der Waals surface area contributed by atoms with E-state index in [1.807, 2.05) is 78.9 Å². The Kier molecular flexibility index (Phi) is 10.4. The Hall–Kier alpha value is -2.65. The minimum Gasteiger partial charge on any atom is -0.461 e. The molecule has 0 fully saturated rings. The number of ether oxygens (including phenoxy) is 1. The fraction of sp³-hybridized carbons (Fsp3) is 0.190. The molecule has 0 heterocycles. The number of carbonyl (C=O) groups excluding carboxylic acids is 1. The summed E-state index contributed by atoms with van der Waals surface area (Å²) in [6.07, 6.45) is 7.81. The average molecular weight is 324 g/mol. The molecule has 0 aliphatic heterocycles. The van der Waals surface area contributed by atoms with Crippen LogP contribution < -0.4 is 0 Å². The van der Waals surface area contributed by atoms with Gasteiger partial charge in [0.15, 0.2) is 0 Å². The molecule has 2 aromatic rings. The molecule has 126 valence electrons. The largest absolute Gasteiger partial charge is 0.461 e.